The van der Waals surface area contributed by atoms with Gasteiger partial charge in [-0.3, -0.25) is 9.36 Å². The zero-order valence-electron chi connectivity index (χ0n) is 16.1. The van der Waals surface area contributed by atoms with Gasteiger partial charge in [-0.05, 0) is 19.1 Å². The topological polar surface area (TPSA) is 140 Å². The minimum Gasteiger partial charge on any atom is -0.480 e. The van der Waals surface area contributed by atoms with E-state index in [1.165, 1.54) is 37.0 Å². The number of sulfone groups is 1. The molecule has 158 valence electrons. The van der Waals surface area contributed by atoms with Crippen LogP contribution in [0.25, 0.3) is 0 Å². The van der Waals surface area contributed by atoms with Crippen molar-refractivity contribution < 1.29 is 23.1 Å². The Hall–Kier alpha value is -2.60. The van der Waals surface area contributed by atoms with Crippen LogP contribution in [-0.2, 0) is 26.5 Å². The van der Waals surface area contributed by atoms with E-state index in [4.69, 9.17) is 0 Å². The fourth-order valence-electron chi connectivity index (χ4n) is 2.44. The van der Waals surface area contributed by atoms with Gasteiger partial charge >= 0.3 is 11.7 Å². The molecule has 10 nitrogen and oxygen atoms in total. The molecule has 1 heterocycles. The number of carboxylic acids is 1. The first-order valence-corrected chi connectivity index (χ1v) is 11.2. The summed E-state index contributed by atoms with van der Waals surface area (Å²) in [7, 11) is -2.32. The second-order valence-electron chi connectivity index (χ2n) is 6.44. The molecule has 2 atom stereocenters. The van der Waals surface area contributed by atoms with E-state index in [0.717, 1.165) is 22.0 Å². The van der Waals surface area contributed by atoms with Crippen molar-refractivity contribution in [2.24, 2.45) is 7.05 Å². The number of amides is 1. The standard InChI is InChI=1S/C17H22N4O6S2/c1-11-4-6-13(7-5-11)29(26,27)9-15(21-17(25)20(3)10-18-21)28-8-14(16(23)24)19-12(2)22/h4-7,10,14-15H,8-9H2,1-3H3,(H,19,22)(H,23,24)/t14-,15?/m0/s1. The van der Waals surface area contributed by atoms with Crippen molar-refractivity contribution >= 4 is 33.5 Å². The van der Waals surface area contributed by atoms with Crippen LogP contribution in [0.15, 0.2) is 40.3 Å². The van der Waals surface area contributed by atoms with Crippen LogP contribution in [-0.4, -0.2) is 57.3 Å². The van der Waals surface area contributed by atoms with E-state index >= 15 is 0 Å². The molecule has 0 aliphatic carbocycles. The summed E-state index contributed by atoms with van der Waals surface area (Å²) < 4.78 is 27.9. The largest absolute Gasteiger partial charge is 0.480 e. The number of benzene rings is 1. The maximum atomic E-state index is 12.9. The summed E-state index contributed by atoms with van der Waals surface area (Å²) in [4.78, 5) is 35.0. The minimum absolute atomic E-state index is 0.0920. The first kappa shape index (κ1) is 22.7. The van der Waals surface area contributed by atoms with E-state index in [0.29, 0.717) is 0 Å². The Morgan fingerprint density at radius 3 is 2.38 bits per heavy atom. The number of nitrogens with zero attached hydrogens (tertiary/aromatic N) is 3. The highest BCUT2D eigenvalue weighted by Crippen LogP contribution is 2.26. The highest BCUT2D eigenvalue weighted by molar-refractivity contribution is 8.00. The predicted octanol–water partition coefficient (Wildman–Crippen LogP) is 0.185. The lowest BCUT2D eigenvalue weighted by Crippen LogP contribution is -2.42. The Bertz CT molecular complexity index is 1040. The van der Waals surface area contributed by atoms with E-state index in [1.807, 2.05) is 6.92 Å². The van der Waals surface area contributed by atoms with Crippen LogP contribution < -0.4 is 11.0 Å². The number of aliphatic carboxylic acids is 1. The number of nitrogens with one attached hydrogen (secondary N) is 1. The van der Waals surface area contributed by atoms with Crippen LogP contribution in [0.5, 0.6) is 0 Å². The van der Waals surface area contributed by atoms with E-state index in [9.17, 15) is 27.9 Å². The molecule has 0 bridgehead atoms. The molecule has 0 radical (unpaired) electrons. The third-order valence-corrected chi connectivity index (χ3v) is 7.23. The number of aryl methyl sites for hydroxylation is 2. The van der Waals surface area contributed by atoms with E-state index in [1.54, 1.807) is 12.1 Å². The molecular weight excluding hydrogens is 420 g/mol. The lowest BCUT2D eigenvalue weighted by Gasteiger charge is -2.19. The molecule has 1 unspecified atom stereocenters. The summed E-state index contributed by atoms with van der Waals surface area (Å²) in [6.45, 7) is 3.01. The van der Waals surface area contributed by atoms with Crippen molar-refractivity contribution in [1.29, 1.82) is 0 Å². The molecule has 1 amide bonds. The van der Waals surface area contributed by atoms with Crippen molar-refractivity contribution in [3.8, 4) is 0 Å². The molecular formula is C17H22N4O6S2. The second-order valence-corrected chi connectivity index (χ2v) is 9.69. The summed E-state index contributed by atoms with van der Waals surface area (Å²) in [5.41, 5.74) is 0.364. The predicted molar refractivity (Wildman–Crippen MR) is 107 cm³/mol. The van der Waals surface area contributed by atoms with Gasteiger partial charge in [-0.1, -0.05) is 17.7 Å². The van der Waals surface area contributed by atoms with Gasteiger partial charge in [0.2, 0.25) is 5.91 Å². The van der Waals surface area contributed by atoms with Crippen molar-refractivity contribution in [3.63, 3.8) is 0 Å². The van der Waals surface area contributed by atoms with Gasteiger partial charge < -0.3 is 10.4 Å². The Morgan fingerprint density at radius 2 is 1.90 bits per heavy atom. The smallest absolute Gasteiger partial charge is 0.346 e. The molecule has 2 rings (SSSR count). The van der Waals surface area contributed by atoms with Gasteiger partial charge in [-0.15, -0.1) is 11.8 Å². The average molecular weight is 443 g/mol. The molecule has 1 aromatic heterocycles. The molecule has 0 spiro atoms. The lowest BCUT2D eigenvalue weighted by atomic mass is 10.2. The van der Waals surface area contributed by atoms with Crippen LogP contribution >= 0.6 is 11.8 Å². The molecule has 0 aliphatic heterocycles. The van der Waals surface area contributed by atoms with E-state index in [2.05, 4.69) is 10.4 Å². The highest BCUT2D eigenvalue weighted by Gasteiger charge is 2.28. The number of carbonyl (C=O) groups is 2. The Morgan fingerprint density at radius 1 is 1.28 bits per heavy atom. The van der Waals surface area contributed by atoms with Gasteiger partial charge in [-0.25, -0.2) is 18.0 Å². The van der Waals surface area contributed by atoms with Crippen LogP contribution in [0.1, 0.15) is 17.9 Å². The number of carboxylic acid groups (broad SMARTS) is 1. The average Bonchev–Trinajstić information content (AvgIpc) is 2.96. The maximum absolute atomic E-state index is 12.9. The minimum atomic E-state index is -3.79. The van der Waals surface area contributed by atoms with Crippen molar-refractivity contribution in [2.45, 2.75) is 30.2 Å². The molecule has 29 heavy (non-hydrogen) atoms. The third kappa shape index (κ3) is 5.94. The van der Waals surface area contributed by atoms with E-state index in [-0.39, 0.29) is 10.6 Å². The van der Waals surface area contributed by atoms with Gasteiger partial charge in [0.1, 0.15) is 17.7 Å². The van der Waals surface area contributed by atoms with Gasteiger partial charge in [-0.2, -0.15) is 9.78 Å². The normalized spacial score (nSPS) is 13.6. The fourth-order valence-corrected chi connectivity index (χ4v) is 5.55. The Kier molecular flexibility index (Phi) is 7.25. The first-order valence-electron chi connectivity index (χ1n) is 8.52. The van der Waals surface area contributed by atoms with Crippen LogP contribution in [0.2, 0.25) is 0 Å². The Balaban J connectivity index is 2.31. The number of rotatable bonds is 9. The number of hydrogen-bond donors (Lipinski definition) is 2. The summed E-state index contributed by atoms with van der Waals surface area (Å²) >= 11 is 0.918. The number of thioether (sulfide) groups is 1. The molecule has 0 saturated heterocycles. The summed E-state index contributed by atoms with van der Waals surface area (Å²) in [5, 5.41) is 14.5. The molecule has 2 aromatic rings. The zero-order chi connectivity index (χ0) is 21.8. The fraction of sp³-hybridized carbons (Fsp3) is 0.412. The molecule has 0 saturated carbocycles. The number of aromatic nitrogens is 3. The van der Waals surface area contributed by atoms with Crippen molar-refractivity contribution in [2.75, 3.05) is 11.5 Å². The second kappa shape index (κ2) is 9.27. The van der Waals surface area contributed by atoms with Crippen molar-refractivity contribution in [3.05, 3.63) is 46.6 Å². The van der Waals surface area contributed by atoms with Crippen LogP contribution in [0, 0.1) is 6.92 Å². The lowest BCUT2D eigenvalue weighted by molar-refractivity contribution is -0.140. The molecule has 0 fully saturated rings. The number of carbonyl (C=O) groups excluding carboxylic acids is 1. The third-order valence-electron chi connectivity index (χ3n) is 3.99. The van der Waals surface area contributed by atoms with E-state index < -0.39 is 44.6 Å². The monoisotopic (exact) mass is 442 g/mol. The highest BCUT2D eigenvalue weighted by atomic mass is 32.2. The quantitative estimate of drug-likeness (QED) is 0.561. The zero-order valence-corrected chi connectivity index (χ0v) is 17.7. The Labute approximate surface area is 171 Å². The van der Waals surface area contributed by atoms with Crippen LogP contribution in [0.3, 0.4) is 0 Å². The van der Waals surface area contributed by atoms with Gasteiger partial charge in [0, 0.05) is 19.7 Å². The summed E-state index contributed by atoms with van der Waals surface area (Å²) in [6.07, 6.45) is 1.25. The SMILES string of the molecule is CC(=O)N[C@@H](CSC(CS(=O)(=O)c1ccc(C)cc1)n1ncn(C)c1=O)C(=O)O. The van der Waals surface area contributed by atoms with Crippen molar-refractivity contribution in [1.82, 2.24) is 19.7 Å². The molecule has 12 heteroatoms. The van der Waals surface area contributed by atoms with Gasteiger partial charge in [0.25, 0.3) is 0 Å². The molecule has 2 N–H and O–H groups in total. The first-order chi connectivity index (χ1) is 13.5. The summed E-state index contributed by atoms with van der Waals surface area (Å²) in [6, 6.07) is 5.05. The molecule has 1 aromatic carbocycles. The van der Waals surface area contributed by atoms with Gasteiger partial charge in [0.05, 0.1) is 10.6 Å². The number of hydrogen-bond acceptors (Lipinski definition) is 7. The summed E-state index contributed by atoms with van der Waals surface area (Å²) in [5.74, 6) is -2.41. The molecule has 0 aliphatic rings. The van der Waals surface area contributed by atoms with Crippen LogP contribution in [0.4, 0.5) is 0 Å². The maximum Gasteiger partial charge on any atom is 0.346 e. The van der Waals surface area contributed by atoms with Gasteiger partial charge in [0.15, 0.2) is 9.84 Å².